The summed E-state index contributed by atoms with van der Waals surface area (Å²) in [6, 6.07) is 9.28. The molecule has 1 aliphatic rings. The minimum absolute atomic E-state index is 0.212. The Morgan fingerprint density at radius 3 is 2.50 bits per heavy atom. The van der Waals surface area contributed by atoms with Gasteiger partial charge in [0.1, 0.15) is 0 Å². The molecule has 8 heteroatoms. The van der Waals surface area contributed by atoms with Gasteiger partial charge in [0.25, 0.3) is 17.4 Å². The third kappa shape index (κ3) is 3.28. The molecule has 0 bridgehead atoms. The number of carbonyl (C=O) groups excluding carboxylic acids is 3. The van der Waals surface area contributed by atoms with Crippen molar-refractivity contribution in [3.63, 3.8) is 0 Å². The SMILES string of the molecule is COC(=O)c1ccc(NC(=O)[C@@]2(C)Oc3cccnc3N(C(C)C)C2=O)cc1. The van der Waals surface area contributed by atoms with Crippen molar-refractivity contribution >= 4 is 29.3 Å². The van der Waals surface area contributed by atoms with Crippen LogP contribution < -0.4 is 15.0 Å². The predicted molar refractivity (Wildman–Crippen MR) is 102 cm³/mol. The van der Waals surface area contributed by atoms with E-state index in [-0.39, 0.29) is 6.04 Å². The topological polar surface area (TPSA) is 97.8 Å². The molecule has 0 radical (unpaired) electrons. The molecule has 1 atom stereocenters. The van der Waals surface area contributed by atoms with Crippen molar-refractivity contribution in [3.05, 3.63) is 48.2 Å². The van der Waals surface area contributed by atoms with Gasteiger partial charge in [0, 0.05) is 17.9 Å². The second-order valence-electron chi connectivity index (χ2n) is 6.75. The molecule has 1 N–H and O–H groups in total. The summed E-state index contributed by atoms with van der Waals surface area (Å²) in [6.07, 6.45) is 1.57. The zero-order valence-electron chi connectivity index (χ0n) is 16.1. The molecule has 2 heterocycles. The Labute approximate surface area is 162 Å². The maximum absolute atomic E-state index is 13.1. The van der Waals surface area contributed by atoms with E-state index in [1.54, 1.807) is 30.5 Å². The molecule has 1 aromatic carbocycles. The van der Waals surface area contributed by atoms with E-state index in [0.717, 1.165) is 0 Å². The predicted octanol–water partition coefficient (Wildman–Crippen LogP) is 2.40. The van der Waals surface area contributed by atoms with Gasteiger partial charge in [0.15, 0.2) is 11.6 Å². The highest BCUT2D eigenvalue weighted by Gasteiger charge is 2.51. The Kier molecular flexibility index (Phi) is 5.04. The zero-order valence-corrected chi connectivity index (χ0v) is 16.1. The smallest absolute Gasteiger partial charge is 0.337 e. The van der Waals surface area contributed by atoms with E-state index in [1.807, 2.05) is 13.8 Å². The Bertz CT molecular complexity index is 926. The van der Waals surface area contributed by atoms with Crippen LogP contribution in [-0.4, -0.2) is 41.5 Å². The molecule has 3 rings (SSSR count). The zero-order chi connectivity index (χ0) is 20.5. The number of nitrogens with one attached hydrogen (secondary N) is 1. The average Bonchev–Trinajstić information content (AvgIpc) is 2.68. The molecular formula is C20H21N3O5. The van der Waals surface area contributed by atoms with Gasteiger partial charge >= 0.3 is 5.97 Å². The highest BCUT2D eigenvalue weighted by Crippen LogP contribution is 2.37. The van der Waals surface area contributed by atoms with Crippen molar-refractivity contribution in [1.29, 1.82) is 0 Å². The van der Waals surface area contributed by atoms with Crippen molar-refractivity contribution in [1.82, 2.24) is 4.98 Å². The molecule has 2 aromatic rings. The summed E-state index contributed by atoms with van der Waals surface area (Å²) >= 11 is 0. The number of nitrogens with zero attached hydrogens (tertiary/aromatic N) is 2. The van der Waals surface area contributed by atoms with Gasteiger partial charge in [0.05, 0.1) is 12.7 Å². The number of ether oxygens (including phenoxy) is 2. The molecule has 146 valence electrons. The Hall–Kier alpha value is -3.42. The Balaban J connectivity index is 1.88. The van der Waals surface area contributed by atoms with Gasteiger partial charge in [-0.2, -0.15) is 0 Å². The number of fused-ring (bicyclic) bond motifs is 1. The number of esters is 1. The number of pyridine rings is 1. The summed E-state index contributed by atoms with van der Waals surface area (Å²) in [4.78, 5) is 43.3. The molecular weight excluding hydrogens is 362 g/mol. The number of methoxy groups -OCH3 is 1. The molecule has 0 saturated heterocycles. The normalized spacial score (nSPS) is 18.3. The third-order valence-corrected chi connectivity index (χ3v) is 4.43. The largest absolute Gasteiger partial charge is 0.465 e. The van der Waals surface area contributed by atoms with E-state index >= 15 is 0 Å². The van der Waals surface area contributed by atoms with E-state index in [2.05, 4.69) is 15.0 Å². The molecule has 0 fully saturated rings. The lowest BCUT2D eigenvalue weighted by Gasteiger charge is -2.40. The van der Waals surface area contributed by atoms with E-state index in [9.17, 15) is 14.4 Å². The van der Waals surface area contributed by atoms with E-state index in [1.165, 1.54) is 31.1 Å². The molecule has 1 aliphatic heterocycles. The monoisotopic (exact) mass is 383 g/mol. The van der Waals surface area contributed by atoms with Crippen molar-refractivity contribution in [2.45, 2.75) is 32.4 Å². The van der Waals surface area contributed by atoms with Gasteiger partial charge < -0.3 is 14.8 Å². The van der Waals surface area contributed by atoms with E-state index in [0.29, 0.717) is 22.8 Å². The van der Waals surface area contributed by atoms with Crippen LogP contribution in [0.25, 0.3) is 0 Å². The first-order valence-corrected chi connectivity index (χ1v) is 8.75. The first kappa shape index (κ1) is 19.3. The van der Waals surface area contributed by atoms with Gasteiger partial charge in [-0.3, -0.25) is 14.5 Å². The average molecular weight is 383 g/mol. The van der Waals surface area contributed by atoms with Crippen LogP contribution in [0.4, 0.5) is 11.5 Å². The van der Waals surface area contributed by atoms with E-state index in [4.69, 9.17) is 4.74 Å². The van der Waals surface area contributed by atoms with Crippen LogP contribution in [0.15, 0.2) is 42.6 Å². The number of anilines is 2. The number of hydrogen-bond acceptors (Lipinski definition) is 6. The van der Waals surface area contributed by atoms with Crippen LogP contribution in [0.5, 0.6) is 5.75 Å². The first-order valence-electron chi connectivity index (χ1n) is 8.75. The number of carbonyl (C=O) groups is 3. The van der Waals surface area contributed by atoms with Crippen molar-refractivity contribution in [3.8, 4) is 5.75 Å². The molecule has 0 unspecified atom stereocenters. The number of amides is 2. The molecule has 0 aliphatic carbocycles. The summed E-state index contributed by atoms with van der Waals surface area (Å²) in [5.41, 5.74) is -0.993. The van der Waals surface area contributed by atoms with Crippen molar-refractivity contribution < 1.29 is 23.9 Å². The van der Waals surface area contributed by atoms with Gasteiger partial charge in [-0.25, -0.2) is 9.78 Å². The van der Waals surface area contributed by atoms with Crippen LogP contribution in [0, 0.1) is 0 Å². The lowest BCUT2D eigenvalue weighted by Crippen LogP contribution is -2.62. The second-order valence-corrected chi connectivity index (χ2v) is 6.75. The lowest BCUT2D eigenvalue weighted by molar-refractivity contribution is -0.145. The van der Waals surface area contributed by atoms with E-state index < -0.39 is 23.4 Å². The van der Waals surface area contributed by atoms with Gasteiger partial charge in [-0.05, 0) is 57.2 Å². The standard InChI is InChI=1S/C20H21N3O5/c1-12(2)23-16-15(6-5-11-21-16)28-20(3,19(23)26)18(25)22-14-9-7-13(8-10-14)17(24)27-4/h5-12H,1-4H3,(H,22,25)/t20-/m1/s1. The molecule has 1 aromatic heterocycles. The van der Waals surface area contributed by atoms with Crippen LogP contribution >= 0.6 is 0 Å². The maximum atomic E-state index is 13.1. The van der Waals surface area contributed by atoms with Crippen LogP contribution in [0.1, 0.15) is 31.1 Å². The number of rotatable bonds is 4. The summed E-state index contributed by atoms with van der Waals surface area (Å²) in [5.74, 6) is -0.863. The minimum atomic E-state index is -1.76. The van der Waals surface area contributed by atoms with Crippen molar-refractivity contribution in [2.24, 2.45) is 0 Å². The molecule has 8 nitrogen and oxygen atoms in total. The van der Waals surface area contributed by atoms with Crippen LogP contribution in [0.3, 0.4) is 0 Å². The Morgan fingerprint density at radius 1 is 1.21 bits per heavy atom. The molecule has 28 heavy (non-hydrogen) atoms. The van der Waals surface area contributed by atoms with Gasteiger partial charge in [-0.1, -0.05) is 0 Å². The lowest BCUT2D eigenvalue weighted by atomic mass is 9.99. The summed E-state index contributed by atoms with van der Waals surface area (Å²) in [7, 11) is 1.29. The minimum Gasteiger partial charge on any atom is -0.465 e. The fourth-order valence-corrected chi connectivity index (χ4v) is 2.91. The Morgan fingerprint density at radius 2 is 1.89 bits per heavy atom. The van der Waals surface area contributed by atoms with Crippen LogP contribution in [0.2, 0.25) is 0 Å². The van der Waals surface area contributed by atoms with Crippen molar-refractivity contribution in [2.75, 3.05) is 17.3 Å². The maximum Gasteiger partial charge on any atom is 0.337 e. The third-order valence-electron chi connectivity index (χ3n) is 4.43. The second kappa shape index (κ2) is 7.30. The quantitative estimate of drug-likeness (QED) is 0.643. The number of hydrogen-bond donors (Lipinski definition) is 1. The van der Waals surface area contributed by atoms with Crippen LogP contribution in [-0.2, 0) is 14.3 Å². The number of aromatic nitrogens is 1. The summed E-state index contributed by atoms with van der Waals surface area (Å²) < 4.78 is 10.4. The van der Waals surface area contributed by atoms with Gasteiger partial charge in [0.2, 0.25) is 0 Å². The highest BCUT2D eigenvalue weighted by molar-refractivity contribution is 6.19. The summed E-state index contributed by atoms with van der Waals surface area (Å²) in [5, 5.41) is 2.67. The van der Waals surface area contributed by atoms with Gasteiger partial charge in [-0.15, -0.1) is 0 Å². The fraction of sp³-hybridized carbons (Fsp3) is 0.300. The number of benzene rings is 1. The molecule has 2 amide bonds. The molecule has 0 spiro atoms. The first-order chi connectivity index (χ1) is 13.3. The highest BCUT2D eigenvalue weighted by atomic mass is 16.5. The summed E-state index contributed by atoms with van der Waals surface area (Å²) in [6.45, 7) is 5.11. The molecule has 0 saturated carbocycles. The fourth-order valence-electron chi connectivity index (χ4n) is 2.91.